The van der Waals surface area contributed by atoms with Crippen LogP contribution in [-0.4, -0.2) is 11.8 Å². The van der Waals surface area contributed by atoms with Crippen LogP contribution in [0.1, 0.15) is 26.7 Å². The molecular formula is C12H15NO2. The average molecular weight is 205 g/mol. The highest BCUT2D eigenvalue weighted by Crippen LogP contribution is 2.45. The summed E-state index contributed by atoms with van der Waals surface area (Å²) in [5.41, 5.74) is 0.444. The first-order valence-corrected chi connectivity index (χ1v) is 5.39. The molecule has 3 heteroatoms. The van der Waals surface area contributed by atoms with Gasteiger partial charge in [0.05, 0.1) is 11.3 Å². The van der Waals surface area contributed by atoms with Crippen molar-refractivity contribution in [3.05, 3.63) is 23.8 Å². The largest absolute Gasteiger partial charge is 0.295 e. The monoisotopic (exact) mass is 205 g/mol. The molecular weight excluding hydrogens is 190 g/mol. The van der Waals surface area contributed by atoms with E-state index in [1.807, 2.05) is 32.1 Å². The van der Waals surface area contributed by atoms with Crippen molar-refractivity contribution in [2.45, 2.75) is 26.7 Å². The van der Waals surface area contributed by atoms with Crippen LogP contribution in [0.5, 0.6) is 0 Å². The fraction of sp³-hybridized carbons (Fsp3) is 0.500. The first kappa shape index (κ1) is 10.1. The smallest absolute Gasteiger partial charge is 0.237 e. The molecule has 1 fully saturated rings. The Kier molecular flexibility index (Phi) is 2.25. The third kappa shape index (κ3) is 1.19. The van der Waals surface area contributed by atoms with E-state index in [9.17, 15) is 9.59 Å². The Morgan fingerprint density at radius 1 is 1.40 bits per heavy atom. The maximum absolute atomic E-state index is 11.8. The molecule has 2 aliphatic rings. The van der Waals surface area contributed by atoms with Crippen LogP contribution in [0.4, 0.5) is 0 Å². The van der Waals surface area contributed by atoms with Crippen LogP contribution < -0.4 is 5.32 Å². The summed E-state index contributed by atoms with van der Waals surface area (Å²) >= 11 is 0. The van der Waals surface area contributed by atoms with Gasteiger partial charge in [0, 0.05) is 0 Å². The van der Waals surface area contributed by atoms with Crippen LogP contribution in [0, 0.1) is 11.3 Å². The van der Waals surface area contributed by atoms with Crippen molar-refractivity contribution in [1.29, 1.82) is 0 Å². The van der Waals surface area contributed by atoms with Crippen LogP contribution >= 0.6 is 0 Å². The highest BCUT2D eigenvalue weighted by Gasteiger charge is 2.54. The molecule has 0 aromatic carbocycles. The van der Waals surface area contributed by atoms with Crippen molar-refractivity contribution in [3.63, 3.8) is 0 Å². The quantitative estimate of drug-likeness (QED) is 0.695. The molecule has 1 aliphatic heterocycles. The molecule has 0 saturated carbocycles. The SMILES string of the molecule is CCC1=CC=CC2(CC)C(=O)NC(=O)C12. The van der Waals surface area contributed by atoms with E-state index in [-0.39, 0.29) is 17.7 Å². The third-order valence-corrected chi connectivity index (χ3v) is 3.50. The number of carbonyl (C=O) groups is 2. The number of rotatable bonds is 2. The fourth-order valence-corrected chi connectivity index (χ4v) is 2.58. The fourth-order valence-electron chi connectivity index (χ4n) is 2.58. The minimum absolute atomic E-state index is 0.140. The van der Waals surface area contributed by atoms with Gasteiger partial charge in [-0.3, -0.25) is 14.9 Å². The van der Waals surface area contributed by atoms with Gasteiger partial charge in [0.1, 0.15) is 0 Å². The molecule has 3 nitrogen and oxygen atoms in total. The zero-order chi connectivity index (χ0) is 11.1. The van der Waals surface area contributed by atoms with Gasteiger partial charge < -0.3 is 0 Å². The zero-order valence-corrected chi connectivity index (χ0v) is 9.04. The first-order valence-electron chi connectivity index (χ1n) is 5.39. The predicted octanol–water partition coefficient (Wildman–Crippen LogP) is 1.56. The maximum Gasteiger partial charge on any atom is 0.237 e. The molecule has 1 N–H and O–H groups in total. The second kappa shape index (κ2) is 3.33. The minimum Gasteiger partial charge on any atom is -0.295 e. The summed E-state index contributed by atoms with van der Waals surface area (Å²) in [6.45, 7) is 3.97. The van der Waals surface area contributed by atoms with E-state index in [0.29, 0.717) is 6.42 Å². The van der Waals surface area contributed by atoms with Gasteiger partial charge in [-0.2, -0.15) is 0 Å². The third-order valence-electron chi connectivity index (χ3n) is 3.50. The van der Waals surface area contributed by atoms with Gasteiger partial charge in [0.15, 0.2) is 0 Å². The molecule has 1 saturated heterocycles. The van der Waals surface area contributed by atoms with Crippen molar-refractivity contribution in [1.82, 2.24) is 5.32 Å². The molecule has 0 aromatic heterocycles. The van der Waals surface area contributed by atoms with Gasteiger partial charge in [-0.25, -0.2) is 0 Å². The van der Waals surface area contributed by atoms with Gasteiger partial charge in [-0.05, 0) is 12.8 Å². The zero-order valence-electron chi connectivity index (χ0n) is 9.04. The van der Waals surface area contributed by atoms with Gasteiger partial charge >= 0.3 is 0 Å². The van der Waals surface area contributed by atoms with Crippen LogP contribution in [0.2, 0.25) is 0 Å². The standard InChI is InChI=1S/C12H15NO2/c1-3-8-6-5-7-12(4-2)9(8)10(14)13-11(12)15/h5-7,9H,3-4H2,1-2H3,(H,13,14,15). The first-order chi connectivity index (χ1) is 7.15. The highest BCUT2D eigenvalue weighted by atomic mass is 16.2. The Balaban J connectivity index is 2.51. The predicted molar refractivity (Wildman–Crippen MR) is 56.9 cm³/mol. The lowest BCUT2D eigenvalue weighted by Crippen LogP contribution is -2.34. The lowest BCUT2D eigenvalue weighted by molar-refractivity contribution is -0.127. The van der Waals surface area contributed by atoms with Crippen LogP contribution in [0.25, 0.3) is 0 Å². The maximum atomic E-state index is 11.8. The van der Waals surface area contributed by atoms with Crippen molar-refractivity contribution >= 4 is 11.8 Å². The normalized spacial score (nSPS) is 33.7. The second-order valence-electron chi connectivity index (χ2n) is 4.10. The van der Waals surface area contributed by atoms with E-state index >= 15 is 0 Å². The molecule has 2 rings (SSSR count). The topological polar surface area (TPSA) is 46.2 Å². The Morgan fingerprint density at radius 3 is 2.73 bits per heavy atom. The van der Waals surface area contributed by atoms with E-state index in [4.69, 9.17) is 0 Å². The van der Waals surface area contributed by atoms with E-state index in [1.165, 1.54) is 0 Å². The molecule has 0 bridgehead atoms. The Hall–Kier alpha value is -1.38. The summed E-state index contributed by atoms with van der Waals surface area (Å²) in [4.78, 5) is 23.6. The van der Waals surface area contributed by atoms with Gasteiger partial charge in [-0.15, -0.1) is 0 Å². The summed E-state index contributed by atoms with van der Waals surface area (Å²) in [6.07, 6.45) is 7.21. The summed E-state index contributed by atoms with van der Waals surface area (Å²) in [7, 11) is 0. The number of carbonyl (C=O) groups excluding carboxylic acids is 2. The number of allylic oxidation sites excluding steroid dienone is 2. The number of fused-ring (bicyclic) bond motifs is 1. The molecule has 1 heterocycles. The Bertz CT molecular complexity index is 381. The molecule has 0 spiro atoms. The summed E-state index contributed by atoms with van der Waals surface area (Å²) in [6, 6.07) is 0. The molecule has 0 radical (unpaired) electrons. The van der Waals surface area contributed by atoms with E-state index in [0.717, 1.165) is 12.0 Å². The van der Waals surface area contributed by atoms with Crippen LogP contribution in [0.3, 0.4) is 0 Å². The number of imide groups is 1. The van der Waals surface area contributed by atoms with Crippen LogP contribution in [-0.2, 0) is 9.59 Å². The average Bonchev–Trinajstić information content (AvgIpc) is 2.51. The van der Waals surface area contributed by atoms with E-state index < -0.39 is 5.41 Å². The van der Waals surface area contributed by atoms with Crippen molar-refractivity contribution < 1.29 is 9.59 Å². The van der Waals surface area contributed by atoms with Crippen molar-refractivity contribution in [3.8, 4) is 0 Å². The number of hydrogen-bond acceptors (Lipinski definition) is 2. The lowest BCUT2D eigenvalue weighted by atomic mass is 9.68. The van der Waals surface area contributed by atoms with E-state index in [1.54, 1.807) is 0 Å². The molecule has 1 aliphatic carbocycles. The summed E-state index contributed by atoms with van der Waals surface area (Å²) < 4.78 is 0. The summed E-state index contributed by atoms with van der Waals surface area (Å²) in [5, 5.41) is 2.44. The van der Waals surface area contributed by atoms with Crippen LogP contribution in [0.15, 0.2) is 23.8 Å². The minimum atomic E-state index is -0.614. The highest BCUT2D eigenvalue weighted by molar-refractivity contribution is 6.10. The van der Waals surface area contributed by atoms with Crippen molar-refractivity contribution in [2.75, 3.05) is 0 Å². The van der Waals surface area contributed by atoms with Gasteiger partial charge in [0.2, 0.25) is 11.8 Å². The number of amides is 2. The van der Waals surface area contributed by atoms with Gasteiger partial charge in [-0.1, -0.05) is 37.6 Å². The Labute approximate surface area is 89.2 Å². The number of nitrogens with one attached hydrogen (secondary N) is 1. The molecule has 2 amide bonds. The Morgan fingerprint density at radius 2 is 2.13 bits per heavy atom. The summed E-state index contributed by atoms with van der Waals surface area (Å²) in [5.74, 6) is -0.556. The molecule has 2 unspecified atom stereocenters. The lowest BCUT2D eigenvalue weighted by Gasteiger charge is -2.30. The van der Waals surface area contributed by atoms with E-state index in [2.05, 4.69) is 5.32 Å². The molecule has 2 atom stereocenters. The van der Waals surface area contributed by atoms with Gasteiger partial charge in [0.25, 0.3) is 0 Å². The molecule has 80 valence electrons. The molecule has 15 heavy (non-hydrogen) atoms. The van der Waals surface area contributed by atoms with Crippen molar-refractivity contribution in [2.24, 2.45) is 11.3 Å². The molecule has 0 aromatic rings. The number of hydrogen-bond donors (Lipinski definition) is 1. The second-order valence-corrected chi connectivity index (χ2v) is 4.10.